The predicted molar refractivity (Wildman–Crippen MR) is 121 cm³/mol. The number of hydrogen-bond acceptors (Lipinski definition) is 6. The van der Waals surface area contributed by atoms with Crippen molar-refractivity contribution in [3.63, 3.8) is 0 Å². The van der Waals surface area contributed by atoms with E-state index in [2.05, 4.69) is 9.71 Å². The Bertz CT molecular complexity index is 1320. The first-order chi connectivity index (χ1) is 15.3. The fraction of sp³-hybridized carbons (Fsp3) is 0.333. The molecule has 0 saturated carbocycles. The fourth-order valence-corrected chi connectivity index (χ4v) is 7.24. The molecule has 0 radical (unpaired) electrons. The molecule has 2 fully saturated rings. The Kier molecular flexibility index (Phi) is 4.97. The van der Waals surface area contributed by atoms with Crippen molar-refractivity contribution in [2.24, 2.45) is 4.40 Å². The smallest absolute Gasteiger partial charge is 0.285 e. The summed E-state index contributed by atoms with van der Waals surface area (Å²) in [7, 11) is -7.02. The molecule has 5 rings (SSSR count). The molecule has 1 amide bonds. The van der Waals surface area contributed by atoms with Crippen LogP contribution in [-0.2, 0) is 24.8 Å². The molecule has 3 aliphatic rings. The molecule has 3 heterocycles. The van der Waals surface area contributed by atoms with E-state index in [1.165, 1.54) is 10.4 Å². The highest BCUT2D eigenvalue weighted by molar-refractivity contribution is 7.93. The molecule has 0 bridgehead atoms. The number of carbonyl (C=O) groups excluding carboxylic acids is 1. The molecule has 2 aromatic rings. The van der Waals surface area contributed by atoms with Gasteiger partial charge in [0.15, 0.2) is 5.84 Å². The number of nitrogens with one attached hydrogen (secondary N) is 1. The van der Waals surface area contributed by atoms with Crippen LogP contribution in [0.25, 0.3) is 0 Å². The first kappa shape index (κ1) is 21.0. The van der Waals surface area contributed by atoms with Crippen molar-refractivity contribution >= 4 is 43.2 Å². The molecule has 168 valence electrons. The molecule has 0 aliphatic carbocycles. The Hall–Kier alpha value is -2.92. The second kappa shape index (κ2) is 7.59. The van der Waals surface area contributed by atoms with E-state index >= 15 is 0 Å². The Balaban J connectivity index is 1.34. The zero-order chi connectivity index (χ0) is 22.5. The van der Waals surface area contributed by atoms with Gasteiger partial charge in [-0.25, -0.2) is 8.42 Å². The largest absolute Gasteiger partial charge is 0.343 e. The molecule has 9 nitrogen and oxygen atoms in total. The van der Waals surface area contributed by atoms with Crippen molar-refractivity contribution in [1.29, 1.82) is 0 Å². The lowest BCUT2D eigenvalue weighted by Crippen LogP contribution is -2.43. The van der Waals surface area contributed by atoms with Crippen LogP contribution in [0.15, 0.2) is 57.8 Å². The molecule has 2 aromatic carbocycles. The number of carbonyl (C=O) groups is 1. The second-order valence-corrected chi connectivity index (χ2v) is 11.6. The van der Waals surface area contributed by atoms with Crippen molar-refractivity contribution in [2.45, 2.75) is 30.2 Å². The second-order valence-electron chi connectivity index (χ2n) is 8.02. The summed E-state index contributed by atoms with van der Waals surface area (Å²) in [6.45, 7) is 0.990. The third-order valence-electron chi connectivity index (χ3n) is 5.96. The van der Waals surface area contributed by atoms with Crippen LogP contribution in [-0.4, -0.2) is 58.4 Å². The topological polar surface area (TPSA) is 116 Å². The maximum atomic E-state index is 13.0. The molecule has 0 spiro atoms. The van der Waals surface area contributed by atoms with Gasteiger partial charge in [0.1, 0.15) is 10.9 Å². The van der Waals surface area contributed by atoms with E-state index in [1.54, 1.807) is 47.4 Å². The number of sulfonamides is 2. The van der Waals surface area contributed by atoms with Crippen LogP contribution >= 0.6 is 0 Å². The van der Waals surface area contributed by atoms with Crippen LogP contribution in [0.4, 0.5) is 11.4 Å². The fourth-order valence-electron chi connectivity index (χ4n) is 4.45. The van der Waals surface area contributed by atoms with E-state index in [1.807, 2.05) is 0 Å². The van der Waals surface area contributed by atoms with Crippen LogP contribution in [0, 0.1) is 0 Å². The number of rotatable bonds is 3. The Morgan fingerprint density at radius 3 is 2.44 bits per heavy atom. The lowest BCUT2D eigenvalue weighted by Gasteiger charge is -2.25. The molecular weight excluding hydrogens is 452 g/mol. The Labute approximate surface area is 186 Å². The summed E-state index contributed by atoms with van der Waals surface area (Å²) in [6, 6.07) is 12.8. The van der Waals surface area contributed by atoms with Crippen molar-refractivity contribution in [3.8, 4) is 0 Å². The zero-order valence-electron chi connectivity index (χ0n) is 17.1. The number of benzene rings is 2. The average Bonchev–Trinajstić information content (AvgIpc) is 3.45. The van der Waals surface area contributed by atoms with E-state index in [4.69, 9.17) is 0 Å². The summed E-state index contributed by atoms with van der Waals surface area (Å²) in [5.41, 5.74) is 1.64. The minimum absolute atomic E-state index is 0.145. The van der Waals surface area contributed by atoms with Gasteiger partial charge >= 0.3 is 0 Å². The molecular formula is C21H22N4O5S2. The van der Waals surface area contributed by atoms with Crippen LogP contribution in [0.3, 0.4) is 0 Å². The normalized spacial score (nSPS) is 23.1. The number of nitrogens with zero attached hydrogens (tertiary/aromatic N) is 3. The van der Waals surface area contributed by atoms with Crippen molar-refractivity contribution in [3.05, 3.63) is 54.1 Å². The quantitative estimate of drug-likeness (QED) is 0.725. The van der Waals surface area contributed by atoms with Gasteiger partial charge in [-0.1, -0.05) is 12.1 Å². The average molecular weight is 475 g/mol. The van der Waals surface area contributed by atoms with E-state index < -0.39 is 26.1 Å². The van der Waals surface area contributed by atoms with Gasteiger partial charge in [-0.05, 0) is 55.7 Å². The number of likely N-dealkylation sites (tertiary alicyclic amines) is 1. The summed E-state index contributed by atoms with van der Waals surface area (Å²) < 4.78 is 54.3. The predicted octanol–water partition coefficient (Wildman–Crippen LogP) is 1.78. The first-order valence-electron chi connectivity index (χ1n) is 10.4. The standard InChI is InChI=1S/C21H22N4O5S2/c26-21(22-15-8-10-16(11-9-15)25-13-4-14-31(25,27)28)18-6-3-12-24(18)20-17-5-1-2-7-19(17)32(29,30)23-20/h1-2,5,7-11,18H,3-4,6,12-14H2,(H,22,26)/t18-/m0/s1. The molecule has 3 aliphatic heterocycles. The third kappa shape index (κ3) is 3.55. The molecule has 0 aromatic heterocycles. The van der Waals surface area contributed by atoms with Gasteiger partial charge in [-0.2, -0.15) is 8.42 Å². The lowest BCUT2D eigenvalue weighted by molar-refractivity contribution is -0.119. The number of amidine groups is 1. The van der Waals surface area contributed by atoms with Crippen LogP contribution in [0.5, 0.6) is 0 Å². The zero-order valence-corrected chi connectivity index (χ0v) is 18.8. The molecule has 2 saturated heterocycles. The van der Waals surface area contributed by atoms with Crippen LogP contribution < -0.4 is 9.62 Å². The highest BCUT2D eigenvalue weighted by atomic mass is 32.2. The number of anilines is 2. The summed E-state index contributed by atoms with van der Waals surface area (Å²) in [5, 5.41) is 2.87. The van der Waals surface area contributed by atoms with Gasteiger partial charge in [-0.15, -0.1) is 4.40 Å². The van der Waals surface area contributed by atoms with E-state index in [-0.39, 0.29) is 16.6 Å². The summed E-state index contributed by atoms with van der Waals surface area (Å²) in [6.07, 6.45) is 1.92. The monoisotopic (exact) mass is 474 g/mol. The maximum absolute atomic E-state index is 13.0. The number of fused-ring (bicyclic) bond motifs is 1. The van der Waals surface area contributed by atoms with Gasteiger partial charge in [0.25, 0.3) is 10.0 Å². The van der Waals surface area contributed by atoms with Gasteiger partial charge < -0.3 is 10.2 Å². The van der Waals surface area contributed by atoms with Gasteiger partial charge in [-0.3, -0.25) is 9.10 Å². The van der Waals surface area contributed by atoms with Gasteiger partial charge in [0.05, 0.1) is 11.4 Å². The molecule has 0 unspecified atom stereocenters. The number of hydrogen-bond donors (Lipinski definition) is 1. The number of amides is 1. The Morgan fingerprint density at radius 1 is 0.969 bits per heavy atom. The highest BCUT2D eigenvalue weighted by Crippen LogP contribution is 2.32. The van der Waals surface area contributed by atoms with Gasteiger partial charge in [0.2, 0.25) is 15.9 Å². The van der Waals surface area contributed by atoms with Crippen molar-refractivity contribution in [2.75, 3.05) is 28.5 Å². The third-order valence-corrected chi connectivity index (χ3v) is 9.16. The van der Waals surface area contributed by atoms with E-state index in [0.29, 0.717) is 48.7 Å². The summed E-state index contributed by atoms with van der Waals surface area (Å²) >= 11 is 0. The molecule has 1 atom stereocenters. The van der Waals surface area contributed by atoms with Crippen molar-refractivity contribution < 1.29 is 21.6 Å². The molecule has 32 heavy (non-hydrogen) atoms. The highest BCUT2D eigenvalue weighted by Gasteiger charge is 2.39. The van der Waals surface area contributed by atoms with E-state index in [0.717, 1.165) is 6.42 Å². The minimum atomic E-state index is -3.76. The van der Waals surface area contributed by atoms with Crippen LogP contribution in [0.1, 0.15) is 24.8 Å². The maximum Gasteiger partial charge on any atom is 0.285 e. The first-order valence-corrected chi connectivity index (χ1v) is 13.4. The van der Waals surface area contributed by atoms with E-state index in [9.17, 15) is 21.6 Å². The van der Waals surface area contributed by atoms with Crippen molar-refractivity contribution in [1.82, 2.24) is 4.90 Å². The summed E-state index contributed by atoms with van der Waals surface area (Å²) in [5.74, 6) is 0.201. The SMILES string of the molecule is O=C(Nc1ccc(N2CCCS2(=O)=O)cc1)[C@@H]1CCCN1C1=NS(=O)(=O)c2ccccc21. The molecule has 1 N–H and O–H groups in total. The minimum Gasteiger partial charge on any atom is -0.343 e. The Morgan fingerprint density at radius 2 is 1.72 bits per heavy atom. The lowest BCUT2D eigenvalue weighted by atomic mass is 10.1. The molecule has 11 heteroatoms. The summed E-state index contributed by atoms with van der Waals surface area (Å²) in [4.78, 5) is 15.0. The van der Waals surface area contributed by atoms with Gasteiger partial charge in [0, 0.05) is 24.3 Å². The van der Waals surface area contributed by atoms with Crippen LogP contribution in [0.2, 0.25) is 0 Å².